The highest BCUT2D eigenvalue weighted by molar-refractivity contribution is 5.69. The average molecular weight is 337 g/mol. The van der Waals surface area contributed by atoms with Crippen LogP contribution < -0.4 is 0 Å². The number of aliphatic hydroxyl groups excluding tert-OH is 1. The van der Waals surface area contributed by atoms with Crippen LogP contribution in [-0.4, -0.2) is 26.4 Å². The lowest BCUT2D eigenvalue weighted by atomic mass is 10.0. The molecule has 0 saturated heterocycles. The monoisotopic (exact) mass is 337 g/mol. The summed E-state index contributed by atoms with van der Waals surface area (Å²) in [6.07, 6.45) is 0.472. The predicted molar refractivity (Wildman–Crippen MR) is 95.4 cm³/mol. The average Bonchev–Trinajstić information content (AvgIpc) is 2.91. The van der Waals surface area contributed by atoms with Crippen LogP contribution in [0.4, 0.5) is 5.69 Å². The zero-order valence-electron chi connectivity index (χ0n) is 13.9. The van der Waals surface area contributed by atoms with Crippen molar-refractivity contribution in [2.24, 2.45) is 0 Å². The number of rotatable bonds is 6. The van der Waals surface area contributed by atoms with E-state index in [1.54, 1.807) is 12.1 Å². The molecule has 0 aliphatic carbocycles. The molecular weight excluding hydrogens is 318 g/mol. The quantitative estimate of drug-likeness (QED) is 0.552. The number of aliphatic hydroxyl groups is 1. The van der Waals surface area contributed by atoms with Crippen molar-refractivity contribution in [1.82, 2.24) is 9.78 Å². The number of nitro benzene ring substituents is 1. The molecule has 2 aromatic carbocycles. The molecule has 1 aromatic heterocycles. The Morgan fingerprint density at radius 3 is 2.40 bits per heavy atom. The highest BCUT2D eigenvalue weighted by Crippen LogP contribution is 2.29. The van der Waals surface area contributed by atoms with Crippen LogP contribution in [0.25, 0.3) is 11.1 Å². The van der Waals surface area contributed by atoms with Crippen molar-refractivity contribution in [2.45, 2.75) is 19.9 Å². The summed E-state index contributed by atoms with van der Waals surface area (Å²) >= 11 is 0. The first-order valence-electron chi connectivity index (χ1n) is 8.06. The van der Waals surface area contributed by atoms with Gasteiger partial charge in [0, 0.05) is 36.4 Å². The third-order valence-corrected chi connectivity index (χ3v) is 4.12. The molecule has 128 valence electrons. The molecule has 0 aliphatic rings. The highest BCUT2D eigenvalue weighted by Gasteiger charge is 2.17. The van der Waals surface area contributed by atoms with Crippen molar-refractivity contribution < 1.29 is 10.0 Å². The van der Waals surface area contributed by atoms with Crippen molar-refractivity contribution in [3.8, 4) is 11.1 Å². The normalized spacial score (nSPS) is 10.8. The van der Waals surface area contributed by atoms with Gasteiger partial charge in [-0.05, 0) is 30.2 Å². The van der Waals surface area contributed by atoms with Gasteiger partial charge >= 0.3 is 0 Å². The first-order valence-corrected chi connectivity index (χ1v) is 8.06. The lowest BCUT2D eigenvalue weighted by Gasteiger charge is -2.09. The Kier molecular flexibility index (Phi) is 4.90. The standard InChI is InChI=1S/C19H19N3O3/c1-14-19(16-7-9-17(10-8-16)22(24)25)18(11-12-23)21(20-14)13-15-5-3-2-4-6-15/h2-10,23H,11-13H2,1H3. The van der Waals surface area contributed by atoms with E-state index < -0.39 is 4.92 Å². The predicted octanol–water partition coefficient (Wildman–Crippen LogP) is 3.35. The minimum atomic E-state index is -0.413. The molecule has 0 amide bonds. The second-order valence-electron chi connectivity index (χ2n) is 5.83. The van der Waals surface area contributed by atoms with E-state index in [1.165, 1.54) is 12.1 Å². The third kappa shape index (κ3) is 3.59. The van der Waals surface area contributed by atoms with Gasteiger partial charge in [-0.25, -0.2) is 0 Å². The van der Waals surface area contributed by atoms with Gasteiger partial charge in [0.1, 0.15) is 0 Å². The number of nitrogens with zero attached hydrogens (tertiary/aromatic N) is 3. The minimum Gasteiger partial charge on any atom is -0.396 e. The number of nitro groups is 1. The van der Waals surface area contributed by atoms with E-state index in [9.17, 15) is 15.2 Å². The first kappa shape index (κ1) is 16.9. The van der Waals surface area contributed by atoms with E-state index in [1.807, 2.05) is 41.9 Å². The fourth-order valence-corrected chi connectivity index (χ4v) is 3.00. The SMILES string of the molecule is Cc1nn(Cc2ccccc2)c(CCO)c1-c1ccc([N+](=O)[O-])cc1. The molecule has 0 unspecified atom stereocenters. The molecule has 0 saturated carbocycles. The van der Waals surface area contributed by atoms with Crippen LogP contribution in [0.3, 0.4) is 0 Å². The number of hydrogen-bond donors (Lipinski definition) is 1. The zero-order valence-corrected chi connectivity index (χ0v) is 13.9. The molecule has 3 rings (SSSR count). The van der Waals surface area contributed by atoms with Gasteiger partial charge in [-0.1, -0.05) is 30.3 Å². The second kappa shape index (κ2) is 7.27. The Hall–Kier alpha value is -2.99. The number of aromatic nitrogens is 2. The minimum absolute atomic E-state index is 0.0138. The molecule has 1 heterocycles. The summed E-state index contributed by atoms with van der Waals surface area (Å²) in [6, 6.07) is 16.4. The fourth-order valence-electron chi connectivity index (χ4n) is 3.00. The maximum Gasteiger partial charge on any atom is 0.269 e. The van der Waals surface area contributed by atoms with Crippen molar-refractivity contribution in [1.29, 1.82) is 0 Å². The van der Waals surface area contributed by atoms with Crippen molar-refractivity contribution in [3.05, 3.63) is 81.7 Å². The lowest BCUT2D eigenvalue weighted by molar-refractivity contribution is -0.384. The summed E-state index contributed by atoms with van der Waals surface area (Å²) in [7, 11) is 0. The van der Waals surface area contributed by atoms with Gasteiger partial charge in [0.25, 0.3) is 5.69 Å². The molecule has 0 radical (unpaired) electrons. The Morgan fingerprint density at radius 1 is 1.12 bits per heavy atom. The summed E-state index contributed by atoms with van der Waals surface area (Å²) in [6.45, 7) is 2.54. The molecule has 3 aromatic rings. The van der Waals surface area contributed by atoms with Gasteiger partial charge in [0.15, 0.2) is 0 Å². The summed E-state index contributed by atoms with van der Waals surface area (Å²) in [5, 5.41) is 25.0. The van der Waals surface area contributed by atoms with Crippen LogP contribution in [0.2, 0.25) is 0 Å². The number of hydrogen-bond acceptors (Lipinski definition) is 4. The van der Waals surface area contributed by atoms with E-state index in [0.717, 1.165) is 28.1 Å². The molecular formula is C19H19N3O3. The van der Waals surface area contributed by atoms with E-state index >= 15 is 0 Å². The summed E-state index contributed by atoms with van der Waals surface area (Å²) in [5.74, 6) is 0. The van der Waals surface area contributed by atoms with Crippen LogP contribution in [0.5, 0.6) is 0 Å². The molecule has 0 spiro atoms. The van der Waals surface area contributed by atoms with Gasteiger partial charge in [0.2, 0.25) is 0 Å². The van der Waals surface area contributed by atoms with Crippen LogP contribution in [-0.2, 0) is 13.0 Å². The maximum absolute atomic E-state index is 10.8. The second-order valence-corrected chi connectivity index (χ2v) is 5.83. The molecule has 1 N–H and O–H groups in total. The topological polar surface area (TPSA) is 81.2 Å². The largest absolute Gasteiger partial charge is 0.396 e. The summed E-state index contributed by atoms with van der Waals surface area (Å²) in [4.78, 5) is 10.4. The van der Waals surface area contributed by atoms with Crippen LogP contribution in [0.1, 0.15) is 17.0 Å². The Morgan fingerprint density at radius 2 is 1.80 bits per heavy atom. The van der Waals surface area contributed by atoms with Crippen LogP contribution in [0, 0.1) is 17.0 Å². The van der Waals surface area contributed by atoms with Gasteiger partial charge in [-0.3, -0.25) is 14.8 Å². The number of aryl methyl sites for hydroxylation is 1. The third-order valence-electron chi connectivity index (χ3n) is 4.12. The summed E-state index contributed by atoms with van der Waals surface area (Å²) in [5.41, 5.74) is 4.75. The highest BCUT2D eigenvalue weighted by atomic mass is 16.6. The van der Waals surface area contributed by atoms with E-state index in [4.69, 9.17) is 0 Å². The molecule has 0 bridgehead atoms. The van der Waals surface area contributed by atoms with Crippen molar-refractivity contribution >= 4 is 5.69 Å². The van der Waals surface area contributed by atoms with Crippen molar-refractivity contribution in [3.63, 3.8) is 0 Å². The van der Waals surface area contributed by atoms with Crippen molar-refractivity contribution in [2.75, 3.05) is 6.61 Å². The molecule has 25 heavy (non-hydrogen) atoms. The Labute approximate surface area is 145 Å². The Balaban J connectivity index is 2.02. The van der Waals surface area contributed by atoms with Gasteiger partial charge in [-0.15, -0.1) is 0 Å². The molecule has 0 fully saturated rings. The maximum atomic E-state index is 10.8. The van der Waals surface area contributed by atoms with Gasteiger partial charge < -0.3 is 5.11 Å². The zero-order chi connectivity index (χ0) is 17.8. The van der Waals surface area contributed by atoms with Gasteiger partial charge in [-0.2, -0.15) is 5.10 Å². The van der Waals surface area contributed by atoms with Crippen LogP contribution in [0.15, 0.2) is 54.6 Å². The van der Waals surface area contributed by atoms with Gasteiger partial charge in [0.05, 0.1) is 17.2 Å². The Bertz CT molecular complexity index is 871. The van der Waals surface area contributed by atoms with E-state index in [-0.39, 0.29) is 12.3 Å². The number of benzene rings is 2. The molecule has 0 atom stereocenters. The summed E-state index contributed by atoms with van der Waals surface area (Å²) < 4.78 is 1.90. The molecule has 6 heteroatoms. The lowest BCUT2D eigenvalue weighted by Crippen LogP contribution is -2.08. The smallest absolute Gasteiger partial charge is 0.269 e. The van der Waals surface area contributed by atoms with E-state index in [0.29, 0.717) is 13.0 Å². The molecule has 0 aliphatic heterocycles. The van der Waals surface area contributed by atoms with Crippen LogP contribution >= 0.6 is 0 Å². The molecule has 6 nitrogen and oxygen atoms in total. The first-order chi connectivity index (χ1) is 12.1. The number of non-ortho nitro benzene ring substituents is 1. The van der Waals surface area contributed by atoms with E-state index in [2.05, 4.69) is 5.10 Å². The fraction of sp³-hybridized carbons (Fsp3) is 0.211.